The smallest absolute Gasteiger partial charge is 0.330 e. The van der Waals surface area contributed by atoms with Crippen LogP contribution in [0.3, 0.4) is 0 Å². The van der Waals surface area contributed by atoms with Crippen LogP contribution in [0, 0.1) is 0 Å². The van der Waals surface area contributed by atoms with Gasteiger partial charge in [-0.25, -0.2) is 0 Å². The molecule has 2 nitrogen and oxygen atoms in total. The Morgan fingerprint density at radius 2 is 2.05 bits per heavy atom. The molecule has 1 aromatic rings. The summed E-state index contributed by atoms with van der Waals surface area (Å²) in [4.78, 5) is 12.1. The van der Waals surface area contributed by atoms with Gasteiger partial charge in [-0.05, 0) is 29.5 Å². The second-order valence-electron chi connectivity index (χ2n) is 4.52. The molecule has 0 saturated heterocycles. The number of amides is 1. The van der Waals surface area contributed by atoms with Gasteiger partial charge in [0.2, 0.25) is 0 Å². The number of carbonyl (C=O) groups excluding carboxylic acids is 1. The van der Waals surface area contributed by atoms with Crippen molar-refractivity contribution in [2.75, 3.05) is 12.4 Å². The normalized spacial score (nSPS) is 15.3. The van der Waals surface area contributed by atoms with Crippen molar-refractivity contribution in [3.63, 3.8) is 0 Å². The van der Waals surface area contributed by atoms with Gasteiger partial charge >= 0.3 is 12.1 Å². The first-order valence-corrected chi connectivity index (χ1v) is 6.48. The predicted octanol–water partition coefficient (Wildman–Crippen LogP) is 2.91. The third-order valence-electron chi connectivity index (χ3n) is 3.20. The maximum Gasteiger partial charge on any atom is 0.471 e. The Bertz CT molecular complexity index is 487. The average molecular weight is 292 g/mol. The van der Waals surface area contributed by atoms with E-state index in [9.17, 15) is 18.0 Å². The third kappa shape index (κ3) is 3.21. The third-order valence-corrected chi connectivity index (χ3v) is 3.38. The van der Waals surface area contributed by atoms with Gasteiger partial charge in [0, 0.05) is 19.0 Å². The van der Waals surface area contributed by atoms with E-state index in [2.05, 4.69) is 0 Å². The first-order chi connectivity index (χ1) is 8.91. The molecule has 0 radical (unpaired) electrons. The standard InChI is InChI=1S/C13H13ClF3NO/c14-5-3-9-1-2-10-4-6-18(8-11(10)7-9)12(19)13(15,16)17/h1-2,7H,3-6,8H2. The van der Waals surface area contributed by atoms with Crippen molar-refractivity contribution in [1.82, 2.24) is 4.90 Å². The maximum absolute atomic E-state index is 12.4. The number of fused-ring (bicyclic) bond motifs is 1. The van der Waals surface area contributed by atoms with Crippen LogP contribution in [-0.2, 0) is 24.2 Å². The molecule has 0 atom stereocenters. The molecule has 0 bridgehead atoms. The highest BCUT2D eigenvalue weighted by atomic mass is 35.5. The molecule has 1 amide bonds. The number of halogens is 4. The van der Waals surface area contributed by atoms with E-state index in [1.807, 2.05) is 18.2 Å². The van der Waals surface area contributed by atoms with Crippen molar-refractivity contribution in [3.05, 3.63) is 34.9 Å². The largest absolute Gasteiger partial charge is 0.471 e. The molecule has 1 aliphatic heterocycles. The van der Waals surface area contributed by atoms with Crippen LogP contribution in [0.5, 0.6) is 0 Å². The lowest BCUT2D eigenvalue weighted by molar-refractivity contribution is -0.186. The van der Waals surface area contributed by atoms with Crippen LogP contribution in [-0.4, -0.2) is 29.4 Å². The van der Waals surface area contributed by atoms with Crippen LogP contribution < -0.4 is 0 Å². The number of benzene rings is 1. The molecule has 1 aromatic carbocycles. The zero-order chi connectivity index (χ0) is 14.0. The fraction of sp³-hybridized carbons (Fsp3) is 0.462. The zero-order valence-corrected chi connectivity index (χ0v) is 10.9. The lowest BCUT2D eigenvalue weighted by Crippen LogP contribution is -2.43. The quantitative estimate of drug-likeness (QED) is 0.767. The summed E-state index contributed by atoms with van der Waals surface area (Å²) < 4.78 is 37.2. The van der Waals surface area contributed by atoms with Gasteiger partial charge in [0.25, 0.3) is 0 Å². The number of nitrogens with zero attached hydrogens (tertiary/aromatic N) is 1. The molecule has 0 saturated carbocycles. The van der Waals surface area contributed by atoms with Gasteiger partial charge in [-0.2, -0.15) is 13.2 Å². The summed E-state index contributed by atoms with van der Waals surface area (Å²) in [6.45, 7) is 0.129. The fourth-order valence-electron chi connectivity index (χ4n) is 2.23. The average Bonchev–Trinajstić information content (AvgIpc) is 2.36. The number of aryl methyl sites for hydroxylation is 1. The van der Waals surface area contributed by atoms with E-state index >= 15 is 0 Å². The van der Waals surface area contributed by atoms with Crippen molar-refractivity contribution >= 4 is 17.5 Å². The molecule has 2 rings (SSSR count). The summed E-state index contributed by atoms with van der Waals surface area (Å²) >= 11 is 5.64. The van der Waals surface area contributed by atoms with Crippen LogP contribution in [0.25, 0.3) is 0 Å². The second kappa shape index (κ2) is 5.41. The summed E-state index contributed by atoms with van der Waals surface area (Å²) in [5.41, 5.74) is 2.77. The molecular weight excluding hydrogens is 279 g/mol. The monoisotopic (exact) mass is 291 g/mol. The van der Waals surface area contributed by atoms with Gasteiger partial charge in [0.15, 0.2) is 0 Å². The summed E-state index contributed by atoms with van der Waals surface area (Å²) in [6.07, 6.45) is -3.67. The SMILES string of the molecule is O=C(N1CCc2ccc(CCCl)cc2C1)C(F)(F)F. The predicted molar refractivity (Wildman–Crippen MR) is 66.0 cm³/mol. The summed E-state index contributed by atoms with van der Waals surface area (Å²) in [5, 5.41) is 0. The maximum atomic E-state index is 12.4. The minimum absolute atomic E-state index is 0.0177. The van der Waals surface area contributed by atoms with Crippen molar-refractivity contribution in [2.24, 2.45) is 0 Å². The lowest BCUT2D eigenvalue weighted by atomic mass is 9.96. The molecule has 0 N–H and O–H groups in total. The summed E-state index contributed by atoms with van der Waals surface area (Å²) in [7, 11) is 0. The van der Waals surface area contributed by atoms with Crippen molar-refractivity contribution < 1.29 is 18.0 Å². The minimum Gasteiger partial charge on any atom is -0.330 e. The van der Waals surface area contributed by atoms with E-state index in [0.29, 0.717) is 18.7 Å². The Morgan fingerprint density at radius 1 is 1.32 bits per heavy atom. The number of hydrogen-bond donors (Lipinski definition) is 0. The Labute approximate surface area is 114 Å². The Hall–Kier alpha value is -1.23. The van der Waals surface area contributed by atoms with E-state index in [1.54, 1.807) is 0 Å². The summed E-state index contributed by atoms with van der Waals surface area (Å²) in [5.74, 6) is -1.30. The second-order valence-corrected chi connectivity index (χ2v) is 4.89. The molecule has 6 heteroatoms. The van der Waals surface area contributed by atoms with Crippen molar-refractivity contribution in [3.8, 4) is 0 Å². The highest BCUT2D eigenvalue weighted by Gasteiger charge is 2.43. The van der Waals surface area contributed by atoms with Gasteiger partial charge in [-0.1, -0.05) is 18.2 Å². The van der Waals surface area contributed by atoms with Crippen LogP contribution in [0.1, 0.15) is 16.7 Å². The minimum atomic E-state index is -4.80. The highest BCUT2D eigenvalue weighted by molar-refractivity contribution is 6.17. The van der Waals surface area contributed by atoms with Crippen molar-refractivity contribution in [2.45, 2.75) is 25.6 Å². The number of carbonyl (C=O) groups is 1. The fourth-order valence-corrected chi connectivity index (χ4v) is 2.45. The van der Waals surface area contributed by atoms with Crippen LogP contribution in [0.4, 0.5) is 13.2 Å². The number of rotatable bonds is 2. The first kappa shape index (κ1) is 14.2. The Kier molecular flexibility index (Phi) is 4.04. The van der Waals surface area contributed by atoms with Crippen LogP contribution in [0.15, 0.2) is 18.2 Å². The van der Waals surface area contributed by atoms with E-state index in [1.165, 1.54) is 0 Å². The van der Waals surface area contributed by atoms with Gasteiger partial charge < -0.3 is 4.90 Å². The van der Waals surface area contributed by atoms with Crippen molar-refractivity contribution in [1.29, 1.82) is 0 Å². The van der Waals surface area contributed by atoms with Gasteiger partial charge in [-0.15, -0.1) is 11.6 Å². The van der Waals surface area contributed by atoms with E-state index in [0.717, 1.165) is 21.6 Å². The molecule has 0 fully saturated rings. The number of alkyl halides is 4. The molecule has 19 heavy (non-hydrogen) atoms. The Balaban J connectivity index is 2.18. The number of hydrogen-bond acceptors (Lipinski definition) is 1. The lowest BCUT2D eigenvalue weighted by Gasteiger charge is -2.29. The molecule has 0 aromatic heterocycles. The van der Waals surface area contributed by atoms with E-state index < -0.39 is 12.1 Å². The molecule has 1 aliphatic rings. The van der Waals surface area contributed by atoms with Gasteiger partial charge in [-0.3, -0.25) is 4.79 Å². The van der Waals surface area contributed by atoms with Gasteiger partial charge in [0.05, 0.1) is 0 Å². The van der Waals surface area contributed by atoms with E-state index in [-0.39, 0.29) is 13.1 Å². The van der Waals surface area contributed by atoms with Crippen LogP contribution >= 0.6 is 11.6 Å². The molecule has 1 heterocycles. The van der Waals surface area contributed by atoms with E-state index in [4.69, 9.17) is 11.6 Å². The molecule has 104 valence electrons. The molecule has 0 aliphatic carbocycles. The van der Waals surface area contributed by atoms with Crippen LogP contribution in [0.2, 0.25) is 0 Å². The zero-order valence-electron chi connectivity index (χ0n) is 10.1. The highest BCUT2D eigenvalue weighted by Crippen LogP contribution is 2.25. The topological polar surface area (TPSA) is 20.3 Å². The molecule has 0 unspecified atom stereocenters. The molecular formula is C13H13ClF3NO. The molecule has 0 spiro atoms. The Morgan fingerprint density at radius 3 is 2.68 bits per heavy atom. The van der Waals surface area contributed by atoms with Gasteiger partial charge in [0.1, 0.15) is 0 Å². The first-order valence-electron chi connectivity index (χ1n) is 5.94. The summed E-state index contributed by atoms with van der Waals surface area (Å²) in [6, 6.07) is 5.68.